The van der Waals surface area contributed by atoms with Crippen LogP contribution in [0.15, 0.2) is 42.6 Å². The molecule has 112 valence electrons. The molecule has 3 N–H and O–H groups in total. The highest BCUT2D eigenvalue weighted by atomic mass is 16.5. The van der Waals surface area contributed by atoms with Gasteiger partial charge in [0, 0.05) is 17.4 Å². The van der Waals surface area contributed by atoms with E-state index in [9.17, 15) is 4.79 Å². The second-order valence-corrected chi connectivity index (χ2v) is 4.70. The van der Waals surface area contributed by atoms with Crippen LogP contribution >= 0.6 is 0 Å². The van der Waals surface area contributed by atoms with Crippen LogP contribution in [0.25, 0.3) is 17.0 Å². The summed E-state index contributed by atoms with van der Waals surface area (Å²) < 4.78 is 7.27. The maximum absolute atomic E-state index is 10.5. The highest BCUT2D eigenvalue weighted by molar-refractivity contribution is 5.67. The summed E-state index contributed by atoms with van der Waals surface area (Å²) >= 11 is 0. The number of pyridine rings is 1. The number of hydrogen-bond donors (Lipinski definition) is 2. The Morgan fingerprint density at radius 2 is 2.00 bits per heavy atom. The van der Waals surface area contributed by atoms with E-state index in [0.29, 0.717) is 22.9 Å². The average Bonchev–Trinajstić information content (AvgIpc) is 2.92. The molecule has 0 saturated carbocycles. The summed E-state index contributed by atoms with van der Waals surface area (Å²) in [6.45, 7) is 0.0824. The number of rotatable bonds is 5. The zero-order valence-corrected chi connectivity index (χ0v) is 11.6. The van der Waals surface area contributed by atoms with Gasteiger partial charge in [-0.05, 0) is 36.4 Å². The molecule has 0 spiro atoms. The van der Waals surface area contributed by atoms with E-state index in [0.717, 1.165) is 5.56 Å². The number of carbonyl (C=O) groups is 1. The fraction of sp³-hybridized carbons (Fsp3) is 0.133. The number of nitrogens with two attached hydrogens (primary N) is 1. The SMILES string of the molecule is Nc1ccc(-c2nnc3c(OCCC(=O)O)cccn23)cc1. The summed E-state index contributed by atoms with van der Waals surface area (Å²) in [5.74, 6) is 0.257. The second-order valence-electron chi connectivity index (χ2n) is 4.70. The molecule has 1 aromatic carbocycles. The van der Waals surface area contributed by atoms with Crippen LogP contribution in [0, 0.1) is 0 Å². The van der Waals surface area contributed by atoms with Crippen molar-refractivity contribution in [3.05, 3.63) is 42.6 Å². The Morgan fingerprint density at radius 3 is 2.73 bits per heavy atom. The Labute approximate surface area is 126 Å². The maximum atomic E-state index is 10.5. The first-order chi connectivity index (χ1) is 10.6. The Kier molecular flexibility index (Phi) is 3.61. The number of aromatic nitrogens is 3. The molecule has 2 aromatic heterocycles. The largest absolute Gasteiger partial charge is 0.489 e. The van der Waals surface area contributed by atoms with Crippen molar-refractivity contribution in [1.82, 2.24) is 14.6 Å². The average molecular weight is 298 g/mol. The van der Waals surface area contributed by atoms with Gasteiger partial charge in [0.1, 0.15) is 0 Å². The van der Waals surface area contributed by atoms with E-state index in [2.05, 4.69) is 10.2 Å². The van der Waals surface area contributed by atoms with Crippen molar-refractivity contribution in [2.75, 3.05) is 12.3 Å². The fourth-order valence-corrected chi connectivity index (χ4v) is 2.08. The zero-order chi connectivity index (χ0) is 15.5. The lowest BCUT2D eigenvalue weighted by atomic mass is 10.2. The summed E-state index contributed by atoms with van der Waals surface area (Å²) in [4.78, 5) is 10.5. The van der Waals surface area contributed by atoms with Crippen LogP contribution in [0.2, 0.25) is 0 Å². The molecule has 0 unspecified atom stereocenters. The van der Waals surface area contributed by atoms with Gasteiger partial charge in [-0.1, -0.05) is 0 Å². The molecule has 0 fully saturated rings. The molecule has 0 amide bonds. The molecule has 3 aromatic rings. The van der Waals surface area contributed by atoms with Gasteiger partial charge in [-0.25, -0.2) is 0 Å². The Hall–Kier alpha value is -3.09. The Bertz CT molecular complexity index is 811. The van der Waals surface area contributed by atoms with Gasteiger partial charge in [0.2, 0.25) is 5.65 Å². The quantitative estimate of drug-likeness (QED) is 0.697. The smallest absolute Gasteiger partial charge is 0.306 e. The Balaban J connectivity index is 1.94. The van der Waals surface area contributed by atoms with Gasteiger partial charge in [-0.3, -0.25) is 9.20 Å². The predicted molar refractivity (Wildman–Crippen MR) is 80.6 cm³/mol. The van der Waals surface area contributed by atoms with Crippen molar-refractivity contribution in [3.8, 4) is 17.1 Å². The first-order valence-corrected chi connectivity index (χ1v) is 6.69. The molecule has 0 atom stereocenters. The summed E-state index contributed by atoms with van der Waals surface area (Å²) in [6, 6.07) is 10.9. The Morgan fingerprint density at radius 1 is 1.23 bits per heavy atom. The molecule has 3 rings (SSSR count). The molecule has 7 nitrogen and oxygen atoms in total. The number of nitrogens with zero attached hydrogens (tertiary/aromatic N) is 3. The molecule has 0 radical (unpaired) electrons. The molecular weight excluding hydrogens is 284 g/mol. The topological polar surface area (TPSA) is 103 Å². The maximum Gasteiger partial charge on any atom is 0.306 e. The molecular formula is C15H14N4O3. The van der Waals surface area contributed by atoms with Crippen LogP contribution in [0.5, 0.6) is 5.75 Å². The van der Waals surface area contributed by atoms with Crippen molar-refractivity contribution < 1.29 is 14.6 Å². The number of benzene rings is 1. The minimum absolute atomic E-state index is 0.0694. The molecule has 0 saturated heterocycles. The zero-order valence-electron chi connectivity index (χ0n) is 11.6. The van der Waals surface area contributed by atoms with E-state index in [4.69, 9.17) is 15.6 Å². The van der Waals surface area contributed by atoms with Crippen molar-refractivity contribution in [2.24, 2.45) is 0 Å². The highest BCUT2D eigenvalue weighted by Gasteiger charge is 2.12. The van der Waals surface area contributed by atoms with Gasteiger partial charge in [0.05, 0.1) is 13.0 Å². The van der Waals surface area contributed by atoms with E-state index in [-0.39, 0.29) is 13.0 Å². The fourth-order valence-electron chi connectivity index (χ4n) is 2.08. The third-order valence-electron chi connectivity index (χ3n) is 3.14. The van der Waals surface area contributed by atoms with Crippen LogP contribution in [0.4, 0.5) is 5.69 Å². The van der Waals surface area contributed by atoms with E-state index >= 15 is 0 Å². The van der Waals surface area contributed by atoms with Gasteiger partial charge in [0.25, 0.3) is 0 Å². The number of anilines is 1. The van der Waals surface area contributed by atoms with Gasteiger partial charge in [-0.2, -0.15) is 0 Å². The third kappa shape index (κ3) is 2.69. The van der Waals surface area contributed by atoms with Gasteiger partial charge >= 0.3 is 5.97 Å². The van der Waals surface area contributed by atoms with Crippen LogP contribution in [0.1, 0.15) is 6.42 Å². The van der Waals surface area contributed by atoms with E-state index in [1.807, 2.05) is 18.3 Å². The monoisotopic (exact) mass is 298 g/mol. The number of aliphatic carboxylic acids is 1. The third-order valence-corrected chi connectivity index (χ3v) is 3.14. The first-order valence-electron chi connectivity index (χ1n) is 6.69. The van der Waals surface area contributed by atoms with Crippen LogP contribution < -0.4 is 10.5 Å². The molecule has 2 heterocycles. The number of carboxylic acid groups (broad SMARTS) is 1. The van der Waals surface area contributed by atoms with Crippen molar-refractivity contribution in [3.63, 3.8) is 0 Å². The molecule has 0 aliphatic heterocycles. The lowest BCUT2D eigenvalue weighted by molar-refractivity contribution is -0.137. The van der Waals surface area contributed by atoms with Crippen LogP contribution in [0.3, 0.4) is 0 Å². The van der Waals surface area contributed by atoms with E-state index < -0.39 is 5.97 Å². The number of nitrogen functional groups attached to an aromatic ring is 1. The molecule has 0 aliphatic rings. The number of ether oxygens (including phenoxy) is 1. The molecule has 7 heteroatoms. The summed E-state index contributed by atoms with van der Waals surface area (Å²) in [5, 5.41) is 17.0. The lowest BCUT2D eigenvalue weighted by Crippen LogP contribution is -2.05. The lowest BCUT2D eigenvalue weighted by Gasteiger charge is -2.06. The molecule has 22 heavy (non-hydrogen) atoms. The minimum atomic E-state index is -0.906. The van der Waals surface area contributed by atoms with Crippen LogP contribution in [-0.4, -0.2) is 32.3 Å². The summed E-state index contributed by atoms with van der Waals surface area (Å²) in [6.07, 6.45) is 1.76. The standard InChI is InChI=1S/C15H14N4O3/c16-11-5-3-10(4-6-11)14-17-18-15-12(2-1-8-19(14)15)22-9-7-13(20)21/h1-6,8H,7,9,16H2,(H,20,21). The number of carboxylic acids is 1. The second kappa shape index (κ2) is 5.72. The van der Waals surface area contributed by atoms with Crippen LogP contribution in [-0.2, 0) is 4.79 Å². The number of fused-ring (bicyclic) bond motifs is 1. The predicted octanol–water partition coefficient (Wildman–Crippen LogP) is 1.83. The molecule has 0 aliphatic carbocycles. The number of hydrogen-bond acceptors (Lipinski definition) is 5. The van der Waals surface area contributed by atoms with Gasteiger partial charge in [-0.15, -0.1) is 10.2 Å². The van der Waals surface area contributed by atoms with Gasteiger partial charge < -0.3 is 15.6 Å². The summed E-state index contributed by atoms with van der Waals surface area (Å²) in [5.41, 5.74) is 7.78. The molecule has 0 bridgehead atoms. The van der Waals surface area contributed by atoms with E-state index in [1.54, 1.807) is 28.7 Å². The van der Waals surface area contributed by atoms with Crippen molar-refractivity contribution in [2.45, 2.75) is 6.42 Å². The van der Waals surface area contributed by atoms with E-state index in [1.165, 1.54) is 0 Å². The highest BCUT2D eigenvalue weighted by Crippen LogP contribution is 2.24. The van der Waals surface area contributed by atoms with Crippen molar-refractivity contribution in [1.29, 1.82) is 0 Å². The first kappa shape index (κ1) is 13.9. The summed E-state index contributed by atoms with van der Waals surface area (Å²) in [7, 11) is 0. The normalized spacial score (nSPS) is 10.7. The van der Waals surface area contributed by atoms with Crippen molar-refractivity contribution >= 4 is 17.3 Å². The van der Waals surface area contributed by atoms with Gasteiger partial charge in [0.15, 0.2) is 11.6 Å². The minimum Gasteiger partial charge on any atom is -0.489 e.